The van der Waals surface area contributed by atoms with Gasteiger partial charge >= 0.3 is 11.9 Å². The molecular weight excluding hydrogens is 270 g/mol. The highest BCUT2D eigenvalue weighted by molar-refractivity contribution is 5.81. The largest absolute Gasteiger partial charge is 0.478 e. The molecule has 0 amide bonds. The molecule has 0 aliphatic heterocycles. The number of carbonyl (C=O) groups excluding carboxylic acids is 1. The van der Waals surface area contributed by atoms with E-state index < -0.39 is 23.0 Å². The molecule has 0 saturated heterocycles. The lowest BCUT2D eigenvalue weighted by Gasteiger charge is -2.30. The Hall–Kier alpha value is -2.09. The molecular formula is C16H21NO4. The summed E-state index contributed by atoms with van der Waals surface area (Å²) in [6.45, 7) is 4.96. The maximum absolute atomic E-state index is 11.3. The lowest BCUT2D eigenvalue weighted by Crippen LogP contribution is -2.38. The van der Waals surface area contributed by atoms with E-state index in [0.717, 1.165) is 12.5 Å². The van der Waals surface area contributed by atoms with Gasteiger partial charge in [0.15, 0.2) is 0 Å². The van der Waals surface area contributed by atoms with Crippen LogP contribution in [0.15, 0.2) is 23.8 Å². The number of esters is 1. The highest BCUT2D eigenvalue weighted by Gasteiger charge is 2.59. The average molecular weight is 291 g/mol. The van der Waals surface area contributed by atoms with Crippen LogP contribution in [-0.4, -0.2) is 22.6 Å². The third-order valence-electron chi connectivity index (χ3n) is 3.73. The number of carboxylic acids is 1. The van der Waals surface area contributed by atoms with Crippen LogP contribution < -0.4 is 0 Å². The van der Waals surface area contributed by atoms with E-state index in [1.165, 1.54) is 6.92 Å². The molecule has 0 heterocycles. The smallest absolute Gasteiger partial charge is 0.328 e. The van der Waals surface area contributed by atoms with Crippen molar-refractivity contribution in [2.45, 2.75) is 52.1 Å². The highest BCUT2D eigenvalue weighted by Crippen LogP contribution is 2.55. The molecule has 0 spiro atoms. The Morgan fingerprint density at radius 1 is 1.48 bits per heavy atom. The summed E-state index contributed by atoms with van der Waals surface area (Å²) in [5, 5.41) is 18.2. The van der Waals surface area contributed by atoms with Crippen LogP contribution in [0.5, 0.6) is 0 Å². The molecule has 0 aromatic heterocycles. The van der Waals surface area contributed by atoms with Crippen LogP contribution in [0.25, 0.3) is 0 Å². The minimum absolute atomic E-state index is 0.456. The van der Waals surface area contributed by atoms with Crippen molar-refractivity contribution in [1.29, 1.82) is 5.26 Å². The number of carbonyl (C=O) groups is 2. The minimum Gasteiger partial charge on any atom is -0.478 e. The average Bonchev–Trinajstić information content (AvgIpc) is 3.16. The van der Waals surface area contributed by atoms with Gasteiger partial charge in [-0.3, -0.25) is 4.79 Å². The van der Waals surface area contributed by atoms with E-state index in [2.05, 4.69) is 6.07 Å². The zero-order valence-electron chi connectivity index (χ0n) is 12.7. The van der Waals surface area contributed by atoms with Crippen LogP contribution in [0.4, 0.5) is 0 Å². The maximum Gasteiger partial charge on any atom is 0.328 e. The van der Waals surface area contributed by atoms with Crippen molar-refractivity contribution in [3.05, 3.63) is 23.8 Å². The fourth-order valence-electron chi connectivity index (χ4n) is 2.35. The number of nitrogens with zero attached hydrogens (tertiary/aromatic N) is 1. The number of ether oxygens (including phenoxy) is 1. The summed E-state index contributed by atoms with van der Waals surface area (Å²) in [5.41, 5.74) is -1.09. The summed E-state index contributed by atoms with van der Waals surface area (Å²) in [7, 11) is 0. The lowest BCUT2D eigenvalue weighted by atomic mass is 9.85. The van der Waals surface area contributed by atoms with Crippen molar-refractivity contribution < 1.29 is 19.4 Å². The number of hydrogen-bond acceptors (Lipinski definition) is 4. The van der Waals surface area contributed by atoms with Crippen molar-refractivity contribution in [3.63, 3.8) is 0 Å². The zero-order chi connectivity index (χ0) is 16.1. The second kappa shape index (κ2) is 6.57. The van der Waals surface area contributed by atoms with E-state index >= 15 is 0 Å². The first-order valence-electron chi connectivity index (χ1n) is 7.02. The molecule has 1 saturated carbocycles. The van der Waals surface area contributed by atoms with Crippen molar-refractivity contribution in [2.75, 3.05) is 0 Å². The molecule has 0 bridgehead atoms. The molecule has 1 N–H and O–H groups in total. The minimum atomic E-state index is -1.03. The van der Waals surface area contributed by atoms with Crippen LogP contribution >= 0.6 is 0 Å². The van der Waals surface area contributed by atoms with Gasteiger partial charge in [0.25, 0.3) is 0 Å². The van der Waals surface area contributed by atoms with E-state index in [4.69, 9.17) is 9.84 Å². The van der Waals surface area contributed by atoms with E-state index in [1.807, 2.05) is 6.92 Å². The normalized spacial score (nSPS) is 19.6. The molecule has 0 unspecified atom stereocenters. The molecule has 21 heavy (non-hydrogen) atoms. The van der Waals surface area contributed by atoms with Crippen LogP contribution in [-0.2, 0) is 14.3 Å². The zero-order valence-corrected chi connectivity index (χ0v) is 12.7. The summed E-state index contributed by atoms with van der Waals surface area (Å²) in [4.78, 5) is 22.1. The van der Waals surface area contributed by atoms with Gasteiger partial charge in [-0.2, -0.15) is 5.26 Å². The Morgan fingerprint density at radius 2 is 2.10 bits per heavy atom. The van der Waals surface area contributed by atoms with Gasteiger partial charge in [0.2, 0.25) is 0 Å². The number of rotatable bonds is 7. The number of nitriles is 1. The molecule has 0 aromatic rings. The van der Waals surface area contributed by atoms with Crippen LogP contribution in [0.1, 0.15) is 46.5 Å². The van der Waals surface area contributed by atoms with Crippen molar-refractivity contribution in [3.8, 4) is 6.07 Å². The number of aliphatic carboxylic acids is 1. The molecule has 114 valence electrons. The van der Waals surface area contributed by atoms with Crippen LogP contribution in [0.3, 0.4) is 0 Å². The highest BCUT2D eigenvalue weighted by atomic mass is 16.6. The fraction of sp³-hybridized carbons (Fsp3) is 0.562. The number of carboxylic acid groups (broad SMARTS) is 1. The third-order valence-corrected chi connectivity index (χ3v) is 3.73. The van der Waals surface area contributed by atoms with Crippen LogP contribution in [0, 0.1) is 16.7 Å². The second-order valence-electron chi connectivity index (χ2n) is 5.54. The molecule has 1 aliphatic carbocycles. The predicted octanol–water partition coefficient (Wildman–Crippen LogP) is 2.98. The van der Waals surface area contributed by atoms with Gasteiger partial charge in [-0.25, -0.2) is 4.79 Å². The molecule has 0 radical (unpaired) electrons. The Balaban J connectivity index is 3.06. The summed E-state index contributed by atoms with van der Waals surface area (Å²) in [6, 6.07) is 2.23. The second-order valence-corrected chi connectivity index (χ2v) is 5.54. The van der Waals surface area contributed by atoms with Gasteiger partial charge in [0, 0.05) is 13.0 Å². The van der Waals surface area contributed by atoms with Gasteiger partial charge in [-0.05, 0) is 37.8 Å². The molecule has 0 aromatic carbocycles. The molecule has 5 nitrogen and oxygen atoms in total. The van der Waals surface area contributed by atoms with E-state index in [9.17, 15) is 14.9 Å². The first-order valence-corrected chi connectivity index (χ1v) is 7.02. The number of allylic oxidation sites excluding steroid dienone is 2. The summed E-state index contributed by atoms with van der Waals surface area (Å²) >= 11 is 0. The maximum atomic E-state index is 11.3. The Morgan fingerprint density at radius 3 is 2.48 bits per heavy atom. The predicted molar refractivity (Wildman–Crippen MR) is 77.2 cm³/mol. The Kier molecular flexibility index (Phi) is 5.31. The number of hydrogen-bond donors (Lipinski definition) is 1. The molecule has 5 heteroatoms. The van der Waals surface area contributed by atoms with Crippen molar-refractivity contribution in [1.82, 2.24) is 0 Å². The van der Waals surface area contributed by atoms with Gasteiger partial charge in [0.1, 0.15) is 11.0 Å². The molecule has 1 aliphatic rings. The quantitative estimate of drug-likeness (QED) is 0.442. The molecule has 1 rings (SSSR count). The Labute approximate surface area is 124 Å². The SMILES string of the molecule is CCCC(=C/C(=O)O)/C=C/[C@@](C)(OC(C)=O)C1(C#N)CC1. The van der Waals surface area contributed by atoms with Gasteiger partial charge < -0.3 is 9.84 Å². The monoisotopic (exact) mass is 291 g/mol. The Bertz CT molecular complexity index is 523. The topological polar surface area (TPSA) is 87.4 Å². The van der Waals surface area contributed by atoms with E-state index in [0.29, 0.717) is 24.8 Å². The van der Waals surface area contributed by atoms with E-state index in [-0.39, 0.29) is 0 Å². The van der Waals surface area contributed by atoms with E-state index in [1.54, 1.807) is 19.1 Å². The first kappa shape index (κ1) is 17.0. The fourth-order valence-corrected chi connectivity index (χ4v) is 2.35. The summed E-state index contributed by atoms with van der Waals surface area (Å²) < 4.78 is 5.37. The summed E-state index contributed by atoms with van der Waals surface area (Å²) in [6.07, 6.45) is 7.19. The molecule has 1 atom stereocenters. The third kappa shape index (κ3) is 4.19. The van der Waals surface area contributed by atoms with Crippen LogP contribution in [0.2, 0.25) is 0 Å². The summed E-state index contributed by atoms with van der Waals surface area (Å²) in [5.74, 6) is -1.47. The van der Waals surface area contributed by atoms with Crippen molar-refractivity contribution >= 4 is 11.9 Å². The van der Waals surface area contributed by atoms with Crippen molar-refractivity contribution in [2.24, 2.45) is 5.41 Å². The van der Waals surface area contributed by atoms with Gasteiger partial charge in [-0.1, -0.05) is 19.4 Å². The molecule has 1 fully saturated rings. The standard InChI is InChI=1S/C16H21NO4/c1-4-5-13(10-14(19)20)6-7-15(3,21-12(2)18)16(11-17)8-9-16/h6-7,10H,4-5,8-9H2,1-3H3,(H,19,20)/b7-6+,13-10-/t15-/m1/s1. The first-order chi connectivity index (χ1) is 9.78. The lowest BCUT2D eigenvalue weighted by molar-refractivity contribution is -0.154. The van der Waals surface area contributed by atoms with Gasteiger partial charge in [0.05, 0.1) is 6.07 Å². The van der Waals surface area contributed by atoms with Gasteiger partial charge in [-0.15, -0.1) is 0 Å².